The van der Waals surface area contributed by atoms with Crippen LogP contribution >= 0.6 is 27.3 Å². The molecule has 0 spiro atoms. The lowest BCUT2D eigenvalue weighted by Gasteiger charge is -2.13. The van der Waals surface area contributed by atoms with Gasteiger partial charge in [-0.2, -0.15) is 4.72 Å². The lowest BCUT2D eigenvalue weighted by molar-refractivity contribution is -0.146. The first-order chi connectivity index (χ1) is 16.1. The summed E-state index contributed by atoms with van der Waals surface area (Å²) in [5.41, 5.74) is 1.78. The maximum atomic E-state index is 12.6. The first-order valence-electron chi connectivity index (χ1n) is 9.94. The lowest BCUT2D eigenvalue weighted by Crippen LogP contribution is -2.39. The van der Waals surface area contributed by atoms with Gasteiger partial charge in [0, 0.05) is 22.5 Å². The summed E-state index contributed by atoms with van der Waals surface area (Å²) in [6.07, 6.45) is 0. The van der Waals surface area contributed by atoms with Crippen LogP contribution in [0.2, 0.25) is 0 Å². The highest BCUT2D eigenvalue weighted by atomic mass is 79.9. The van der Waals surface area contributed by atoms with Gasteiger partial charge in [-0.3, -0.25) is 9.59 Å². The number of methoxy groups -OCH3 is 1. The smallest absolute Gasteiger partial charge is 0.324 e. The van der Waals surface area contributed by atoms with Gasteiger partial charge in [-0.15, -0.1) is 11.3 Å². The second-order valence-electron chi connectivity index (χ2n) is 7.14. The molecule has 1 heterocycles. The number of esters is 1. The fraction of sp³-hybridized carbons (Fsp3) is 0.227. The zero-order valence-corrected chi connectivity index (χ0v) is 21.7. The molecule has 2 aromatic carbocycles. The van der Waals surface area contributed by atoms with E-state index in [0.717, 1.165) is 10.0 Å². The molecule has 0 aliphatic carbocycles. The summed E-state index contributed by atoms with van der Waals surface area (Å²) >= 11 is 4.80. The van der Waals surface area contributed by atoms with Crippen molar-refractivity contribution in [1.29, 1.82) is 0 Å². The summed E-state index contributed by atoms with van der Waals surface area (Å²) in [5.74, 6) is -0.352. The van der Waals surface area contributed by atoms with Crippen molar-refractivity contribution in [3.8, 4) is 16.3 Å². The van der Waals surface area contributed by atoms with E-state index in [4.69, 9.17) is 9.47 Å². The highest BCUT2D eigenvalue weighted by Gasteiger charge is 2.23. The van der Waals surface area contributed by atoms with Crippen molar-refractivity contribution in [3.63, 3.8) is 0 Å². The third kappa shape index (κ3) is 6.63. The first-order valence-corrected chi connectivity index (χ1v) is 13.1. The van der Waals surface area contributed by atoms with Crippen LogP contribution < -0.4 is 14.8 Å². The second kappa shape index (κ2) is 11.1. The molecule has 0 saturated carbocycles. The number of carbonyl (C=O) groups is 2. The fourth-order valence-electron chi connectivity index (χ4n) is 2.88. The average Bonchev–Trinajstić information content (AvgIpc) is 3.26. The maximum absolute atomic E-state index is 12.6. The molecule has 180 valence electrons. The Balaban J connectivity index is 1.60. The lowest BCUT2D eigenvalue weighted by atomic mass is 10.2. The molecule has 3 rings (SSSR count). The van der Waals surface area contributed by atoms with Gasteiger partial charge in [0.25, 0.3) is 0 Å². The quantitative estimate of drug-likeness (QED) is 0.375. The zero-order chi connectivity index (χ0) is 24.9. The van der Waals surface area contributed by atoms with E-state index in [1.165, 1.54) is 49.4 Å². The predicted octanol–water partition coefficient (Wildman–Crippen LogP) is 3.95. The zero-order valence-electron chi connectivity index (χ0n) is 18.5. The third-order valence-electron chi connectivity index (χ3n) is 4.48. The van der Waals surface area contributed by atoms with E-state index < -0.39 is 22.0 Å². The summed E-state index contributed by atoms with van der Waals surface area (Å²) in [4.78, 5) is 27.9. The molecule has 1 amide bonds. The van der Waals surface area contributed by atoms with Crippen molar-refractivity contribution in [1.82, 2.24) is 9.71 Å². The summed E-state index contributed by atoms with van der Waals surface area (Å²) in [5, 5.41) is 5.01. The van der Waals surface area contributed by atoms with E-state index in [9.17, 15) is 18.0 Å². The van der Waals surface area contributed by atoms with Gasteiger partial charge in [-0.1, -0.05) is 15.9 Å². The van der Waals surface area contributed by atoms with Gasteiger partial charge in [0.05, 0.1) is 23.3 Å². The number of sulfonamides is 1. The van der Waals surface area contributed by atoms with Crippen LogP contribution in [-0.2, 0) is 31.0 Å². The van der Waals surface area contributed by atoms with Crippen molar-refractivity contribution < 1.29 is 27.5 Å². The number of thiazole rings is 1. The average molecular weight is 568 g/mol. The summed E-state index contributed by atoms with van der Waals surface area (Å²) in [6.45, 7) is 2.64. The van der Waals surface area contributed by atoms with Crippen molar-refractivity contribution in [2.24, 2.45) is 0 Å². The van der Waals surface area contributed by atoms with Crippen LogP contribution in [0.15, 0.2) is 57.2 Å². The minimum absolute atomic E-state index is 0.0478. The summed E-state index contributed by atoms with van der Waals surface area (Å²) < 4.78 is 38.9. The topological polar surface area (TPSA) is 124 Å². The Morgan fingerprint density at radius 2 is 1.88 bits per heavy atom. The molecule has 12 heteroatoms. The van der Waals surface area contributed by atoms with Gasteiger partial charge < -0.3 is 14.8 Å². The maximum Gasteiger partial charge on any atom is 0.324 e. The standard InChI is InChI=1S/C22H22BrN3O6S2/c1-13(26-34(29,30)18-7-5-16(6-8-18)24-14(2)27)22(28)32-11-17-12-33-21(25-17)19-10-15(23)4-9-20(19)31-3/h4-10,12-13,26H,11H2,1-3H3,(H,24,27)/t13-/m0/s1. The van der Waals surface area contributed by atoms with Crippen LogP contribution in [0, 0.1) is 0 Å². The Morgan fingerprint density at radius 1 is 1.18 bits per heavy atom. The summed E-state index contributed by atoms with van der Waals surface area (Å²) in [6, 6.07) is 10.0. The number of nitrogens with zero attached hydrogens (tertiary/aromatic N) is 1. The van der Waals surface area contributed by atoms with Crippen LogP contribution in [0.25, 0.3) is 10.6 Å². The minimum Gasteiger partial charge on any atom is -0.496 e. The Bertz CT molecular complexity index is 1290. The van der Waals surface area contributed by atoms with Gasteiger partial charge in [0.2, 0.25) is 15.9 Å². The molecule has 1 aromatic heterocycles. The van der Waals surface area contributed by atoms with Gasteiger partial charge in [-0.05, 0) is 49.4 Å². The van der Waals surface area contributed by atoms with Crippen molar-refractivity contribution in [2.75, 3.05) is 12.4 Å². The Labute approximate surface area is 209 Å². The largest absolute Gasteiger partial charge is 0.496 e. The monoisotopic (exact) mass is 567 g/mol. The Hall–Kier alpha value is -2.80. The molecule has 0 radical (unpaired) electrons. The SMILES string of the molecule is COc1ccc(Br)cc1-c1nc(COC(=O)[C@H](C)NS(=O)(=O)c2ccc(NC(C)=O)cc2)cs1. The molecule has 34 heavy (non-hydrogen) atoms. The van der Waals surface area contributed by atoms with Crippen LogP contribution in [0.1, 0.15) is 19.5 Å². The number of rotatable bonds is 9. The highest BCUT2D eigenvalue weighted by Crippen LogP contribution is 2.34. The molecular formula is C22H22BrN3O6S2. The molecule has 3 aromatic rings. The van der Waals surface area contributed by atoms with Crippen molar-refractivity contribution in [2.45, 2.75) is 31.4 Å². The summed E-state index contributed by atoms with van der Waals surface area (Å²) in [7, 11) is -2.40. The number of benzene rings is 2. The first kappa shape index (κ1) is 25.8. The number of hydrogen-bond acceptors (Lipinski definition) is 8. The molecule has 0 fully saturated rings. The Kier molecular flexibility index (Phi) is 8.42. The molecule has 0 aliphatic rings. The van der Waals surface area contributed by atoms with Gasteiger partial charge in [-0.25, -0.2) is 13.4 Å². The van der Waals surface area contributed by atoms with Crippen LogP contribution in [-0.4, -0.2) is 38.4 Å². The number of amides is 1. The highest BCUT2D eigenvalue weighted by molar-refractivity contribution is 9.10. The van der Waals surface area contributed by atoms with Crippen molar-refractivity contribution >= 4 is 54.9 Å². The predicted molar refractivity (Wildman–Crippen MR) is 132 cm³/mol. The van der Waals surface area contributed by atoms with Gasteiger partial charge in [0.1, 0.15) is 23.4 Å². The van der Waals surface area contributed by atoms with E-state index in [2.05, 4.69) is 31.0 Å². The molecule has 0 saturated heterocycles. The molecule has 9 nitrogen and oxygen atoms in total. The number of anilines is 1. The van der Waals surface area contributed by atoms with E-state index in [-0.39, 0.29) is 17.4 Å². The number of hydrogen-bond donors (Lipinski definition) is 2. The molecule has 0 unspecified atom stereocenters. The molecule has 1 atom stereocenters. The van der Waals surface area contributed by atoms with Crippen LogP contribution in [0.3, 0.4) is 0 Å². The number of halogens is 1. The van der Waals surface area contributed by atoms with E-state index in [1.807, 2.05) is 18.2 Å². The van der Waals surface area contributed by atoms with Gasteiger partial charge >= 0.3 is 5.97 Å². The Morgan fingerprint density at radius 3 is 2.53 bits per heavy atom. The normalized spacial score (nSPS) is 12.1. The molecule has 0 bridgehead atoms. The van der Waals surface area contributed by atoms with E-state index in [1.54, 1.807) is 12.5 Å². The number of carbonyl (C=O) groups excluding carboxylic acids is 2. The van der Waals surface area contributed by atoms with Crippen molar-refractivity contribution in [3.05, 3.63) is 58.0 Å². The number of nitrogens with one attached hydrogen (secondary N) is 2. The minimum atomic E-state index is -3.97. The van der Waals surface area contributed by atoms with E-state index >= 15 is 0 Å². The van der Waals surface area contributed by atoms with Crippen LogP contribution in [0.4, 0.5) is 5.69 Å². The number of ether oxygens (including phenoxy) is 2. The molecule has 0 aliphatic heterocycles. The molecular weight excluding hydrogens is 546 g/mol. The third-order valence-corrected chi connectivity index (χ3v) is 7.45. The number of aromatic nitrogens is 1. The van der Waals surface area contributed by atoms with Gasteiger partial charge in [0.15, 0.2) is 0 Å². The van der Waals surface area contributed by atoms with Crippen LogP contribution in [0.5, 0.6) is 5.75 Å². The fourth-order valence-corrected chi connectivity index (χ4v) is 5.26. The van der Waals surface area contributed by atoms with E-state index in [0.29, 0.717) is 22.1 Å². The molecule has 2 N–H and O–H groups in total. The second-order valence-corrected chi connectivity index (χ2v) is 10.6.